The maximum absolute atomic E-state index is 13.8. The van der Waals surface area contributed by atoms with Crippen molar-refractivity contribution < 1.29 is 57.5 Å². The van der Waals surface area contributed by atoms with Gasteiger partial charge >= 0.3 is 24.4 Å². The number of anilines is 5. The molecule has 2 aliphatic heterocycles. The number of piperidine rings is 2. The van der Waals surface area contributed by atoms with Gasteiger partial charge in [-0.05, 0) is 126 Å². The van der Waals surface area contributed by atoms with Crippen LogP contribution in [0.2, 0.25) is 0 Å². The van der Waals surface area contributed by atoms with Gasteiger partial charge in [0.25, 0.3) is 5.91 Å². The molecule has 0 spiro atoms. The highest BCUT2D eigenvalue weighted by Gasteiger charge is 2.36. The zero-order chi connectivity index (χ0) is 56.5. The van der Waals surface area contributed by atoms with Crippen LogP contribution in [0.5, 0.6) is 17.2 Å². The third-order valence-electron chi connectivity index (χ3n) is 11.1. The first-order valence-corrected chi connectivity index (χ1v) is 25.5. The van der Waals surface area contributed by atoms with Crippen molar-refractivity contribution in [3.8, 4) is 17.2 Å². The lowest BCUT2D eigenvalue weighted by Gasteiger charge is -2.40. The lowest BCUT2D eigenvalue weighted by molar-refractivity contribution is 0.0452. The van der Waals surface area contributed by atoms with Gasteiger partial charge in [0.15, 0.2) is 0 Å². The molecule has 2 aliphatic rings. The molecule has 0 aliphatic carbocycles. The van der Waals surface area contributed by atoms with Gasteiger partial charge in [-0.3, -0.25) is 4.79 Å². The van der Waals surface area contributed by atoms with Crippen LogP contribution in [-0.4, -0.2) is 130 Å². The van der Waals surface area contributed by atoms with Crippen LogP contribution in [-0.2, 0) is 25.6 Å². The van der Waals surface area contributed by atoms with E-state index in [4.69, 9.17) is 43.4 Å². The number of nitrogens with one attached hydrogen (secondary N) is 6. The van der Waals surface area contributed by atoms with Gasteiger partial charge in [-0.15, -0.1) is 0 Å². The van der Waals surface area contributed by atoms with Gasteiger partial charge < -0.3 is 75.2 Å². The van der Waals surface area contributed by atoms with Gasteiger partial charge in [-0.1, -0.05) is 36.4 Å². The molecular weight excluding hydrogens is 995 g/mol. The van der Waals surface area contributed by atoms with Crippen LogP contribution < -0.4 is 51.2 Å². The lowest BCUT2D eigenvalue weighted by Crippen LogP contribution is -2.59. The maximum atomic E-state index is 13.8. The average molecular weight is 1070 g/mol. The normalized spacial score (nSPS) is 17.9. The first kappa shape index (κ1) is 58.3. The number of rotatable bonds is 14. The fourth-order valence-electron chi connectivity index (χ4n) is 8.32. The van der Waals surface area contributed by atoms with E-state index in [9.17, 15) is 29.1 Å². The highest BCUT2D eigenvalue weighted by Crippen LogP contribution is 2.34. The van der Waals surface area contributed by atoms with Gasteiger partial charge in [-0.25, -0.2) is 19.2 Å². The molecule has 2 fully saturated rings. The summed E-state index contributed by atoms with van der Waals surface area (Å²) in [5, 5.41) is 28.6. The van der Waals surface area contributed by atoms with E-state index in [0.717, 1.165) is 5.56 Å². The summed E-state index contributed by atoms with van der Waals surface area (Å²) < 4.78 is 34.3. The molecule has 4 aromatic rings. The average Bonchev–Trinajstić information content (AvgIpc) is 3.28. The van der Waals surface area contributed by atoms with Crippen LogP contribution in [0.4, 0.5) is 48.4 Å². The summed E-state index contributed by atoms with van der Waals surface area (Å²) >= 11 is 0. The van der Waals surface area contributed by atoms with Crippen LogP contribution in [0, 0.1) is 0 Å². The van der Waals surface area contributed by atoms with E-state index in [0.29, 0.717) is 18.5 Å². The number of phenolic OH excluding ortho intramolecular Hbond substituents is 1. The number of phenols is 1. The minimum Gasteiger partial charge on any atom is -0.507 e. The van der Waals surface area contributed by atoms with E-state index in [1.165, 1.54) is 13.2 Å². The Bertz CT molecular complexity index is 2540. The van der Waals surface area contributed by atoms with Gasteiger partial charge in [0.1, 0.15) is 51.8 Å². The Labute approximate surface area is 449 Å². The second-order valence-corrected chi connectivity index (χ2v) is 22.8. The summed E-state index contributed by atoms with van der Waals surface area (Å²) in [6.45, 7) is 21.8. The number of carbonyl (C=O) groups excluding carboxylic acids is 5. The molecule has 0 bridgehead atoms. The minimum atomic E-state index is -0.800. The molecular formula is C54H75N11O12. The topological polar surface area (TPSA) is 278 Å². The van der Waals surface area contributed by atoms with Crippen molar-refractivity contribution in [1.82, 2.24) is 36.2 Å². The number of hydrogen-bond acceptors (Lipinski definition) is 18. The standard InChI is InChI=1S/C54H75N11O12/c1-51(2,3)74-47(68)56-34-24-35(57-48(69)75-52(4,5)6)28-64(27-34)45-61-44(62-46(63-45)65-29-36(58-49(70)76-53(7,8)9)25-37(30-65)59-50(71)77-54(10,11)12)55-33-22-23-38(41(26-33)73-31-32-18-15-14-16-19-32)60-43(67)42-39(66)20-17-21-40(42)72-13/h14-23,26,34-37,66H,24-25,27-31H2,1-13H3,(H,56,68)(H,57,69)(H,58,70)(H,59,71)(H,60,67)(H,55,61,62,63)/t34-,35+,36-,37+. The Balaban J connectivity index is 1.43. The van der Waals surface area contributed by atoms with Gasteiger partial charge in [-0.2, -0.15) is 15.0 Å². The SMILES string of the molecule is COc1cccc(O)c1C(=O)Nc1ccc(Nc2nc(N3C[C@H](NC(=O)OC(C)(C)C)C[C@H](NC(=O)OC(C)(C)C)C3)nc(N3C[C@H](NC(=O)OC(C)(C)C)C[C@H](NC(=O)OC(C)(C)C)C3)n2)cc1OCc1ccccc1. The van der Waals surface area contributed by atoms with Gasteiger partial charge in [0.05, 0.1) is 37.0 Å². The molecule has 3 heterocycles. The van der Waals surface area contributed by atoms with Crippen LogP contribution in [0.25, 0.3) is 0 Å². The fraction of sp³-hybridized carbons (Fsp3) is 0.519. The van der Waals surface area contributed by atoms with Crippen LogP contribution in [0.3, 0.4) is 0 Å². The third-order valence-corrected chi connectivity index (χ3v) is 11.1. The van der Waals surface area contributed by atoms with Gasteiger partial charge in [0.2, 0.25) is 17.8 Å². The first-order valence-electron chi connectivity index (χ1n) is 25.5. The number of hydrogen-bond donors (Lipinski definition) is 7. The number of nitrogens with zero attached hydrogens (tertiary/aromatic N) is 5. The minimum absolute atomic E-state index is 0.0347. The van der Waals surface area contributed by atoms with E-state index < -0.39 is 76.9 Å². The number of amides is 5. The Morgan fingerprint density at radius 2 is 1.01 bits per heavy atom. The van der Waals surface area contributed by atoms with Crippen molar-refractivity contribution >= 4 is 59.5 Å². The van der Waals surface area contributed by atoms with Gasteiger partial charge in [0, 0.05) is 37.9 Å². The predicted octanol–water partition coefficient (Wildman–Crippen LogP) is 8.15. The number of aromatic hydroxyl groups is 1. The Kier molecular flexibility index (Phi) is 18.4. The first-order chi connectivity index (χ1) is 36.0. The predicted molar refractivity (Wildman–Crippen MR) is 289 cm³/mol. The van der Waals surface area contributed by atoms with E-state index >= 15 is 0 Å². The summed E-state index contributed by atoms with van der Waals surface area (Å²) in [5.74, 6) is -0.247. The second kappa shape index (κ2) is 24.3. The highest BCUT2D eigenvalue weighted by atomic mass is 16.6. The molecule has 0 unspecified atom stereocenters. The Morgan fingerprint density at radius 1 is 0.571 bits per heavy atom. The molecule has 3 aromatic carbocycles. The van der Waals surface area contributed by atoms with Crippen molar-refractivity contribution in [2.75, 3.05) is 53.7 Å². The number of methoxy groups -OCH3 is 1. The van der Waals surface area contributed by atoms with Crippen LogP contribution >= 0.6 is 0 Å². The molecule has 418 valence electrons. The summed E-state index contributed by atoms with van der Waals surface area (Å²) in [4.78, 5) is 85.3. The van der Waals surface area contributed by atoms with E-state index in [2.05, 4.69) is 31.9 Å². The number of ether oxygens (including phenoxy) is 6. The Hall–Kier alpha value is -7.98. The van der Waals surface area contributed by atoms with Crippen LogP contribution in [0.15, 0.2) is 66.7 Å². The Morgan fingerprint density at radius 3 is 1.43 bits per heavy atom. The molecule has 77 heavy (non-hydrogen) atoms. The molecule has 5 amide bonds. The maximum Gasteiger partial charge on any atom is 0.407 e. The molecule has 1 aromatic heterocycles. The smallest absolute Gasteiger partial charge is 0.407 e. The molecule has 0 radical (unpaired) electrons. The number of alkyl carbamates (subject to hydrolysis) is 4. The molecule has 2 saturated heterocycles. The number of aromatic nitrogens is 3. The fourth-order valence-corrected chi connectivity index (χ4v) is 8.32. The van der Waals surface area contributed by atoms with E-state index in [1.807, 2.05) is 30.3 Å². The third kappa shape index (κ3) is 18.7. The monoisotopic (exact) mass is 1070 g/mol. The largest absolute Gasteiger partial charge is 0.507 e. The molecule has 6 rings (SSSR count). The second-order valence-electron chi connectivity index (χ2n) is 22.8. The molecule has 4 atom stereocenters. The molecule has 23 heteroatoms. The summed E-state index contributed by atoms with van der Waals surface area (Å²) in [5.41, 5.74) is -1.76. The van der Waals surface area contributed by atoms with Crippen molar-refractivity contribution in [1.29, 1.82) is 0 Å². The van der Waals surface area contributed by atoms with Crippen LogP contribution in [0.1, 0.15) is 112 Å². The summed E-state index contributed by atoms with van der Waals surface area (Å²) in [6.07, 6.45) is -2.06. The molecule has 23 nitrogen and oxygen atoms in total. The zero-order valence-corrected chi connectivity index (χ0v) is 46.3. The molecule has 7 N–H and O–H groups in total. The van der Waals surface area contributed by atoms with Crippen molar-refractivity contribution in [3.05, 3.63) is 77.9 Å². The molecule has 0 saturated carbocycles. The summed E-state index contributed by atoms with van der Waals surface area (Å²) in [6, 6.07) is 16.5. The lowest BCUT2D eigenvalue weighted by atomic mass is 10.0. The number of carbonyl (C=O) groups is 5. The quantitative estimate of drug-likeness (QED) is 0.0587. The number of benzene rings is 3. The van der Waals surface area contributed by atoms with E-state index in [1.54, 1.807) is 123 Å². The van der Waals surface area contributed by atoms with Crippen molar-refractivity contribution in [2.24, 2.45) is 0 Å². The van der Waals surface area contributed by atoms with Crippen molar-refractivity contribution in [2.45, 2.75) is 149 Å². The van der Waals surface area contributed by atoms with Crippen molar-refractivity contribution in [3.63, 3.8) is 0 Å². The van der Waals surface area contributed by atoms with E-state index in [-0.39, 0.29) is 79.1 Å². The summed E-state index contributed by atoms with van der Waals surface area (Å²) in [7, 11) is 1.39. The zero-order valence-electron chi connectivity index (χ0n) is 46.3. The highest BCUT2D eigenvalue weighted by molar-refractivity contribution is 6.08.